The van der Waals surface area contributed by atoms with E-state index in [0.717, 1.165) is 42.4 Å². The van der Waals surface area contributed by atoms with Crippen molar-refractivity contribution in [2.45, 2.75) is 18.9 Å². The summed E-state index contributed by atoms with van der Waals surface area (Å²) in [5.74, 6) is 0.889. The monoisotopic (exact) mass is 377 g/mol. The lowest BCUT2D eigenvalue weighted by Crippen LogP contribution is -2.34. The molecule has 3 N–H and O–H groups in total. The molecule has 144 valence electrons. The summed E-state index contributed by atoms with van der Waals surface area (Å²) in [4.78, 5) is 16.7. The van der Waals surface area contributed by atoms with E-state index < -0.39 is 5.91 Å². The van der Waals surface area contributed by atoms with Gasteiger partial charge in [-0.05, 0) is 56.3 Å². The highest BCUT2D eigenvalue weighted by molar-refractivity contribution is 6.06. The minimum absolute atomic E-state index is 0.149. The third kappa shape index (κ3) is 3.64. The number of ether oxygens (including phenoxy) is 2. The fourth-order valence-electron chi connectivity index (χ4n) is 3.55. The number of nitrogens with one attached hydrogen (secondary N) is 1. The van der Waals surface area contributed by atoms with Crippen LogP contribution in [0.2, 0.25) is 0 Å². The Morgan fingerprint density at radius 1 is 1.11 bits per heavy atom. The number of hydrogen-bond donors (Lipinski definition) is 2. The van der Waals surface area contributed by atoms with Crippen LogP contribution < -0.4 is 20.5 Å². The number of nitrogens with zero attached hydrogens (tertiary/aromatic N) is 1. The van der Waals surface area contributed by atoms with Gasteiger partial charge in [0.05, 0.1) is 23.9 Å². The van der Waals surface area contributed by atoms with Gasteiger partial charge in [0.15, 0.2) is 11.5 Å². The highest BCUT2D eigenvalue weighted by Gasteiger charge is 2.18. The standard InChI is InChI=1S/C22H23N3O3/c1-27-20-7-6-14(12-21(20)28-15-8-10-24-11-9-15)19-13-17(22(23)26)16-4-2-3-5-18(16)25-19/h2-7,12-13,15,24H,8-11H2,1H3,(H2,23,26). The molecule has 6 heteroatoms. The molecule has 0 atom stereocenters. The van der Waals surface area contributed by atoms with Crippen molar-refractivity contribution in [2.75, 3.05) is 20.2 Å². The summed E-state index contributed by atoms with van der Waals surface area (Å²) in [7, 11) is 1.63. The lowest BCUT2D eigenvalue weighted by Gasteiger charge is -2.25. The van der Waals surface area contributed by atoms with Crippen LogP contribution in [0.3, 0.4) is 0 Å². The Balaban J connectivity index is 1.76. The number of carbonyl (C=O) groups is 1. The number of aromatic nitrogens is 1. The number of methoxy groups -OCH3 is 1. The second kappa shape index (κ2) is 7.86. The Labute approximate surface area is 163 Å². The fourth-order valence-corrected chi connectivity index (χ4v) is 3.55. The molecule has 1 amide bonds. The molecule has 1 aromatic heterocycles. The second-order valence-corrected chi connectivity index (χ2v) is 6.87. The number of benzene rings is 2. The Morgan fingerprint density at radius 2 is 1.89 bits per heavy atom. The summed E-state index contributed by atoms with van der Waals surface area (Å²) in [6, 6.07) is 14.9. The van der Waals surface area contributed by atoms with Gasteiger partial charge in [-0.3, -0.25) is 4.79 Å². The number of nitrogens with two attached hydrogens (primary N) is 1. The number of fused-ring (bicyclic) bond motifs is 1. The van der Waals surface area contributed by atoms with Crippen LogP contribution in [0, 0.1) is 0 Å². The summed E-state index contributed by atoms with van der Waals surface area (Å²) >= 11 is 0. The number of primary amides is 1. The third-order valence-corrected chi connectivity index (χ3v) is 5.02. The van der Waals surface area contributed by atoms with Gasteiger partial charge in [0.2, 0.25) is 5.91 Å². The molecule has 4 rings (SSSR count). The Morgan fingerprint density at radius 3 is 2.64 bits per heavy atom. The molecule has 0 unspecified atom stereocenters. The minimum Gasteiger partial charge on any atom is -0.493 e. The van der Waals surface area contributed by atoms with Crippen molar-refractivity contribution < 1.29 is 14.3 Å². The van der Waals surface area contributed by atoms with E-state index >= 15 is 0 Å². The van der Waals surface area contributed by atoms with Crippen LogP contribution in [-0.4, -0.2) is 37.2 Å². The predicted molar refractivity (Wildman–Crippen MR) is 109 cm³/mol. The normalized spacial score (nSPS) is 14.8. The van der Waals surface area contributed by atoms with Gasteiger partial charge in [-0.25, -0.2) is 4.98 Å². The van der Waals surface area contributed by atoms with E-state index in [1.807, 2.05) is 42.5 Å². The SMILES string of the molecule is COc1ccc(-c2cc(C(N)=O)c3ccccc3n2)cc1OC1CCNCC1. The molecule has 1 aliphatic rings. The van der Waals surface area contributed by atoms with E-state index in [1.165, 1.54) is 0 Å². The van der Waals surface area contributed by atoms with E-state index in [1.54, 1.807) is 13.2 Å². The van der Waals surface area contributed by atoms with Crippen LogP contribution in [0.4, 0.5) is 0 Å². The predicted octanol–water partition coefficient (Wildman–Crippen LogP) is 3.14. The van der Waals surface area contributed by atoms with Crippen LogP contribution in [0.25, 0.3) is 22.2 Å². The minimum atomic E-state index is -0.473. The van der Waals surface area contributed by atoms with E-state index in [-0.39, 0.29) is 6.10 Å². The molecule has 0 saturated carbocycles. The van der Waals surface area contributed by atoms with Crippen molar-refractivity contribution in [2.24, 2.45) is 5.73 Å². The molecule has 1 saturated heterocycles. The Hall–Kier alpha value is -3.12. The summed E-state index contributed by atoms with van der Waals surface area (Å²) in [6.07, 6.45) is 2.05. The first-order valence-electron chi connectivity index (χ1n) is 9.41. The van der Waals surface area contributed by atoms with Crippen molar-refractivity contribution in [1.29, 1.82) is 0 Å². The molecular weight excluding hydrogens is 354 g/mol. The Bertz CT molecular complexity index is 1010. The highest BCUT2D eigenvalue weighted by Crippen LogP contribution is 2.34. The van der Waals surface area contributed by atoms with Crippen LogP contribution >= 0.6 is 0 Å². The third-order valence-electron chi connectivity index (χ3n) is 5.02. The van der Waals surface area contributed by atoms with Gasteiger partial charge in [-0.2, -0.15) is 0 Å². The van der Waals surface area contributed by atoms with Crippen molar-refractivity contribution in [3.63, 3.8) is 0 Å². The van der Waals surface area contributed by atoms with E-state index in [9.17, 15) is 4.79 Å². The number of amides is 1. The van der Waals surface area contributed by atoms with E-state index in [2.05, 4.69) is 5.32 Å². The molecule has 2 aromatic carbocycles. The zero-order chi connectivity index (χ0) is 19.5. The number of carbonyl (C=O) groups excluding carboxylic acids is 1. The first-order valence-corrected chi connectivity index (χ1v) is 9.41. The highest BCUT2D eigenvalue weighted by atomic mass is 16.5. The lowest BCUT2D eigenvalue weighted by atomic mass is 10.0. The van der Waals surface area contributed by atoms with Crippen LogP contribution in [0.5, 0.6) is 11.5 Å². The van der Waals surface area contributed by atoms with E-state index in [0.29, 0.717) is 22.8 Å². The molecule has 1 fully saturated rings. The maximum Gasteiger partial charge on any atom is 0.249 e. The summed E-state index contributed by atoms with van der Waals surface area (Å²) in [5, 5.41) is 4.08. The van der Waals surface area contributed by atoms with Gasteiger partial charge in [0, 0.05) is 10.9 Å². The average molecular weight is 377 g/mol. The smallest absolute Gasteiger partial charge is 0.249 e. The topological polar surface area (TPSA) is 86.5 Å². The molecule has 3 aromatic rings. The van der Waals surface area contributed by atoms with Crippen molar-refractivity contribution >= 4 is 16.8 Å². The molecule has 2 heterocycles. The molecule has 0 aliphatic carbocycles. The maximum absolute atomic E-state index is 12.0. The van der Waals surface area contributed by atoms with Crippen LogP contribution in [0.1, 0.15) is 23.2 Å². The zero-order valence-corrected chi connectivity index (χ0v) is 15.8. The summed E-state index contributed by atoms with van der Waals surface area (Å²) in [6.45, 7) is 1.89. The first-order chi connectivity index (χ1) is 13.7. The number of pyridine rings is 1. The largest absolute Gasteiger partial charge is 0.493 e. The van der Waals surface area contributed by atoms with Crippen LogP contribution in [-0.2, 0) is 0 Å². The molecule has 28 heavy (non-hydrogen) atoms. The molecule has 1 aliphatic heterocycles. The molecule has 0 bridgehead atoms. The number of hydrogen-bond acceptors (Lipinski definition) is 5. The van der Waals surface area contributed by atoms with E-state index in [4.69, 9.17) is 20.2 Å². The maximum atomic E-state index is 12.0. The zero-order valence-electron chi connectivity index (χ0n) is 15.8. The van der Waals surface area contributed by atoms with Crippen molar-refractivity contribution in [1.82, 2.24) is 10.3 Å². The quantitative estimate of drug-likeness (QED) is 0.713. The van der Waals surface area contributed by atoms with Crippen molar-refractivity contribution in [3.05, 3.63) is 54.1 Å². The molecule has 6 nitrogen and oxygen atoms in total. The van der Waals surface area contributed by atoms with Gasteiger partial charge in [-0.1, -0.05) is 18.2 Å². The number of para-hydroxylation sites is 1. The van der Waals surface area contributed by atoms with Gasteiger partial charge >= 0.3 is 0 Å². The number of piperidine rings is 1. The van der Waals surface area contributed by atoms with Gasteiger partial charge in [0.1, 0.15) is 6.10 Å². The lowest BCUT2D eigenvalue weighted by molar-refractivity contribution is 0.100. The molecule has 0 radical (unpaired) electrons. The second-order valence-electron chi connectivity index (χ2n) is 6.87. The average Bonchev–Trinajstić information content (AvgIpc) is 2.73. The molecular formula is C22H23N3O3. The summed E-state index contributed by atoms with van der Waals surface area (Å²) < 4.78 is 11.7. The van der Waals surface area contributed by atoms with Gasteiger partial charge in [0.25, 0.3) is 0 Å². The van der Waals surface area contributed by atoms with Crippen molar-refractivity contribution in [3.8, 4) is 22.8 Å². The number of rotatable bonds is 5. The fraction of sp³-hybridized carbons (Fsp3) is 0.273. The van der Waals surface area contributed by atoms with Gasteiger partial charge in [-0.15, -0.1) is 0 Å². The summed E-state index contributed by atoms with van der Waals surface area (Å²) in [5.41, 5.74) is 8.31. The molecule has 0 spiro atoms. The first kappa shape index (κ1) is 18.3. The Kier molecular flexibility index (Phi) is 5.12. The van der Waals surface area contributed by atoms with Gasteiger partial charge < -0.3 is 20.5 Å². The van der Waals surface area contributed by atoms with Crippen LogP contribution in [0.15, 0.2) is 48.5 Å².